The van der Waals surface area contributed by atoms with E-state index in [1.54, 1.807) is 41.8 Å². The van der Waals surface area contributed by atoms with Gasteiger partial charge in [-0.3, -0.25) is 9.36 Å². The molecule has 0 amide bonds. The first-order chi connectivity index (χ1) is 17.9. The Balaban J connectivity index is 0.000000877. The van der Waals surface area contributed by atoms with Gasteiger partial charge in [0.25, 0.3) is 5.56 Å². The number of aliphatic carboxylic acids is 1. The van der Waals surface area contributed by atoms with Crippen molar-refractivity contribution >= 4 is 5.97 Å². The maximum atomic E-state index is 12.7. The van der Waals surface area contributed by atoms with Gasteiger partial charge in [0.05, 0.1) is 24.8 Å². The van der Waals surface area contributed by atoms with Gasteiger partial charge in [-0.25, -0.2) is 4.98 Å². The van der Waals surface area contributed by atoms with E-state index in [9.17, 15) is 14.7 Å². The van der Waals surface area contributed by atoms with Crippen LogP contribution in [-0.2, 0) is 28.9 Å². The quantitative estimate of drug-likeness (QED) is 0.377. The highest BCUT2D eigenvalue weighted by Gasteiger charge is 2.11. The lowest BCUT2D eigenvalue weighted by Gasteiger charge is -2.18. The molecule has 200 valence electrons. The summed E-state index contributed by atoms with van der Waals surface area (Å²) in [4.78, 5) is 28.5. The van der Waals surface area contributed by atoms with Crippen molar-refractivity contribution in [2.24, 2.45) is 0 Å². The van der Waals surface area contributed by atoms with Crippen LogP contribution in [0.1, 0.15) is 45.0 Å². The van der Waals surface area contributed by atoms with Crippen LogP contribution in [0.2, 0.25) is 0 Å². The molecule has 0 unspecified atom stereocenters. The van der Waals surface area contributed by atoms with E-state index < -0.39 is 12.1 Å². The summed E-state index contributed by atoms with van der Waals surface area (Å²) < 4.78 is 12.6. The Hall–Kier alpha value is -3.49. The monoisotopic (exact) mass is 509 g/mol. The SMILES string of the molecule is CCCC[NH3+].CCO[C@@H](Cc1ccc(OCCn2c(CC)nc(-c3ccccc3)cc2=O)cc1)C(=O)[O-]. The van der Waals surface area contributed by atoms with Crippen LogP contribution in [0.3, 0.4) is 0 Å². The zero-order valence-corrected chi connectivity index (χ0v) is 22.2. The van der Waals surface area contributed by atoms with E-state index in [1.807, 2.05) is 37.3 Å². The van der Waals surface area contributed by atoms with E-state index in [0.29, 0.717) is 43.4 Å². The third-order valence-electron chi connectivity index (χ3n) is 5.64. The predicted molar refractivity (Wildman–Crippen MR) is 142 cm³/mol. The lowest BCUT2D eigenvalue weighted by atomic mass is 10.1. The summed E-state index contributed by atoms with van der Waals surface area (Å²) >= 11 is 0. The van der Waals surface area contributed by atoms with Crippen LogP contribution >= 0.6 is 0 Å². The van der Waals surface area contributed by atoms with E-state index in [-0.39, 0.29) is 12.0 Å². The molecule has 3 aromatic rings. The van der Waals surface area contributed by atoms with E-state index in [1.165, 1.54) is 12.8 Å². The second kappa shape index (κ2) is 16.3. The molecule has 8 nitrogen and oxygen atoms in total. The fourth-order valence-corrected chi connectivity index (χ4v) is 3.67. The Morgan fingerprint density at radius 3 is 2.32 bits per heavy atom. The normalized spacial score (nSPS) is 11.4. The molecule has 37 heavy (non-hydrogen) atoms. The molecule has 3 N–H and O–H groups in total. The second-order valence-corrected chi connectivity index (χ2v) is 8.43. The molecule has 0 aliphatic heterocycles. The fraction of sp³-hybridized carbons (Fsp3) is 0.414. The molecule has 1 atom stereocenters. The number of unbranched alkanes of at least 4 members (excludes halogenated alkanes) is 1. The number of hydrogen-bond acceptors (Lipinski definition) is 6. The van der Waals surface area contributed by atoms with Gasteiger partial charge in [-0.1, -0.05) is 62.7 Å². The van der Waals surface area contributed by atoms with E-state index in [2.05, 4.69) is 17.6 Å². The summed E-state index contributed by atoms with van der Waals surface area (Å²) in [5.41, 5.74) is 5.95. The number of benzene rings is 2. The van der Waals surface area contributed by atoms with Gasteiger partial charge in [0.1, 0.15) is 24.3 Å². The molecule has 1 aromatic heterocycles. The molecule has 0 saturated heterocycles. The summed E-state index contributed by atoms with van der Waals surface area (Å²) in [5.74, 6) is 0.117. The van der Waals surface area contributed by atoms with E-state index in [4.69, 9.17) is 9.47 Å². The third-order valence-corrected chi connectivity index (χ3v) is 5.64. The maximum Gasteiger partial charge on any atom is 0.254 e. The van der Waals surface area contributed by atoms with E-state index >= 15 is 0 Å². The van der Waals surface area contributed by atoms with E-state index in [0.717, 1.165) is 17.7 Å². The molecule has 0 radical (unpaired) electrons. The first-order valence-electron chi connectivity index (χ1n) is 12.9. The summed E-state index contributed by atoms with van der Waals surface area (Å²) in [5, 5.41) is 11.1. The van der Waals surface area contributed by atoms with Crippen molar-refractivity contribution in [1.82, 2.24) is 9.55 Å². The van der Waals surface area contributed by atoms with Crippen LogP contribution in [-0.4, -0.2) is 41.4 Å². The summed E-state index contributed by atoms with van der Waals surface area (Å²) in [7, 11) is 0. The third kappa shape index (κ3) is 9.82. The Kier molecular flexibility index (Phi) is 13.1. The Morgan fingerprint density at radius 1 is 1.08 bits per heavy atom. The van der Waals surface area contributed by atoms with Crippen molar-refractivity contribution in [3.05, 3.63) is 82.4 Å². The molecule has 2 aromatic carbocycles. The smallest absolute Gasteiger partial charge is 0.254 e. The Morgan fingerprint density at radius 2 is 1.78 bits per heavy atom. The van der Waals surface area contributed by atoms with Crippen LogP contribution in [0.4, 0.5) is 0 Å². The van der Waals surface area contributed by atoms with Crippen molar-refractivity contribution in [2.75, 3.05) is 19.8 Å². The largest absolute Gasteiger partial charge is 0.547 e. The van der Waals surface area contributed by atoms with Crippen molar-refractivity contribution in [3.8, 4) is 17.0 Å². The van der Waals surface area contributed by atoms with Crippen LogP contribution in [0.15, 0.2) is 65.5 Å². The number of aryl methyl sites for hydroxylation is 1. The molecule has 0 fully saturated rings. The number of aromatic nitrogens is 2. The average Bonchev–Trinajstić information content (AvgIpc) is 2.91. The lowest BCUT2D eigenvalue weighted by Crippen LogP contribution is -2.49. The van der Waals surface area contributed by atoms with Gasteiger partial charge in [0, 0.05) is 31.1 Å². The number of rotatable bonds is 13. The van der Waals surface area contributed by atoms with Gasteiger partial charge >= 0.3 is 0 Å². The van der Waals surface area contributed by atoms with Gasteiger partial charge in [-0.2, -0.15) is 0 Å². The standard InChI is InChI=1S/C25H28N2O5.C4H11N/c1-3-23-26-21(19-8-6-5-7-9-19)17-24(28)27(23)14-15-32-20-12-10-18(11-13-20)16-22(25(29)30)31-4-2;1-2-3-4-5/h5-13,17,22H,3-4,14-16H2,1-2H3,(H,29,30);2-5H2,1H3/t22-;/m0./s1. The lowest BCUT2D eigenvalue weighted by molar-refractivity contribution is -0.368. The van der Waals surface area contributed by atoms with Crippen molar-refractivity contribution < 1.29 is 25.1 Å². The molecule has 1 heterocycles. The van der Waals surface area contributed by atoms with Gasteiger partial charge in [-0.15, -0.1) is 0 Å². The highest BCUT2D eigenvalue weighted by atomic mass is 16.5. The predicted octanol–water partition coefficient (Wildman–Crippen LogP) is 2.28. The number of carboxylic acids is 1. The fourth-order valence-electron chi connectivity index (χ4n) is 3.67. The molecular formula is C29H39N3O5. The maximum absolute atomic E-state index is 12.7. The topological polar surface area (TPSA) is 121 Å². The molecule has 0 spiro atoms. The second-order valence-electron chi connectivity index (χ2n) is 8.43. The van der Waals surface area contributed by atoms with Crippen LogP contribution < -0.4 is 21.1 Å². The average molecular weight is 510 g/mol. The first kappa shape index (κ1) is 29.7. The Labute approximate surface area is 219 Å². The van der Waals surface area contributed by atoms with Crippen molar-refractivity contribution in [1.29, 1.82) is 0 Å². The number of carbonyl (C=O) groups excluding carboxylic acids is 1. The highest BCUT2D eigenvalue weighted by Crippen LogP contribution is 2.16. The molecule has 3 rings (SSSR count). The van der Waals surface area contributed by atoms with Gasteiger partial charge in [-0.05, 0) is 31.0 Å². The highest BCUT2D eigenvalue weighted by molar-refractivity contribution is 5.70. The number of ether oxygens (including phenoxy) is 2. The minimum absolute atomic E-state index is 0.112. The number of quaternary nitrogens is 1. The van der Waals surface area contributed by atoms with Gasteiger partial charge in [0.15, 0.2) is 0 Å². The van der Waals surface area contributed by atoms with Gasteiger partial charge < -0.3 is 25.1 Å². The molecule has 8 heteroatoms. The molecule has 0 bridgehead atoms. The van der Waals surface area contributed by atoms with Gasteiger partial charge in [0.2, 0.25) is 0 Å². The minimum Gasteiger partial charge on any atom is -0.547 e. The van der Waals surface area contributed by atoms with Crippen LogP contribution in [0, 0.1) is 0 Å². The van der Waals surface area contributed by atoms with Crippen LogP contribution in [0.5, 0.6) is 5.75 Å². The van der Waals surface area contributed by atoms with Crippen molar-refractivity contribution in [3.63, 3.8) is 0 Å². The zero-order valence-electron chi connectivity index (χ0n) is 22.2. The van der Waals surface area contributed by atoms with Crippen molar-refractivity contribution in [2.45, 2.75) is 59.1 Å². The molecule has 0 aliphatic carbocycles. The minimum atomic E-state index is -1.23. The zero-order chi connectivity index (χ0) is 27.0. The van der Waals surface area contributed by atoms with Crippen LogP contribution in [0.25, 0.3) is 11.3 Å². The first-order valence-corrected chi connectivity index (χ1v) is 12.9. The summed E-state index contributed by atoms with van der Waals surface area (Å²) in [6.07, 6.45) is 2.44. The number of carbonyl (C=O) groups is 1. The number of hydrogen-bond donors (Lipinski definition) is 1. The number of nitrogens with zero attached hydrogens (tertiary/aromatic N) is 2. The summed E-state index contributed by atoms with van der Waals surface area (Å²) in [6.45, 7) is 7.96. The molecule has 0 aliphatic rings. The molecule has 0 saturated carbocycles. The Bertz CT molecular complexity index is 1130. The summed E-state index contributed by atoms with van der Waals surface area (Å²) in [6, 6.07) is 18.3. The molecular weight excluding hydrogens is 470 g/mol. The number of carboxylic acid groups (broad SMARTS) is 1.